The molecule has 7 heteroatoms. The Balaban J connectivity index is 2.65. The van der Waals surface area contributed by atoms with Crippen molar-refractivity contribution < 1.29 is 9.90 Å². The lowest BCUT2D eigenvalue weighted by Crippen LogP contribution is -2.23. The predicted octanol–water partition coefficient (Wildman–Crippen LogP) is -0.0274. The van der Waals surface area contributed by atoms with Crippen LogP contribution in [0.4, 0.5) is 0 Å². The molecule has 0 saturated carbocycles. The van der Waals surface area contributed by atoms with Crippen molar-refractivity contribution in [2.45, 2.75) is 6.92 Å². The summed E-state index contributed by atoms with van der Waals surface area (Å²) in [6.45, 7) is 1.54. The summed E-state index contributed by atoms with van der Waals surface area (Å²) in [5.74, 6) is -0.888. The van der Waals surface area contributed by atoms with Crippen molar-refractivity contribution in [3.05, 3.63) is 39.9 Å². The summed E-state index contributed by atoms with van der Waals surface area (Å²) in [6.07, 6.45) is 3.15. The number of carboxylic acid groups (broad SMARTS) is 1. The molecule has 17 heavy (non-hydrogen) atoms. The molecule has 2 aromatic rings. The second kappa shape index (κ2) is 3.85. The molecule has 0 spiro atoms. The lowest BCUT2D eigenvalue weighted by atomic mass is 10.2. The van der Waals surface area contributed by atoms with E-state index in [-0.39, 0.29) is 0 Å². The quantitative estimate of drug-likeness (QED) is 0.788. The third-order valence-corrected chi connectivity index (χ3v) is 2.23. The molecule has 2 aromatic heterocycles. The molecule has 0 bridgehead atoms. The van der Waals surface area contributed by atoms with E-state index in [0.717, 1.165) is 0 Å². The van der Waals surface area contributed by atoms with Crippen LogP contribution in [-0.2, 0) is 7.05 Å². The van der Waals surface area contributed by atoms with Gasteiger partial charge in [0.05, 0.1) is 0 Å². The molecule has 0 fully saturated rings. The highest BCUT2D eigenvalue weighted by Crippen LogP contribution is 2.02. The van der Waals surface area contributed by atoms with E-state index in [9.17, 15) is 9.59 Å². The fraction of sp³-hybridized carbons (Fsp3) is 0.200. The molecule has 88 valence electrons. The minimum absolute atomic E-state index is 0.308. The number of carboxylic acids is 1. The smallest absolute Gasteiger partial charge is 0.360 e. The minimum atomic E-state index is -1.34. The van der Waals surface area contributed by atoms with Gasteiger partial charge in [0.1, 0.15) is 0 Å². The Morgan fingerprint density at radius 3 is 2.65 bits per heavy atom. The van der Waals surface area contributed by atoms with Gasteiger partial charge in [0.2, 0.25) is 11.1 Å². The average Bonchev–Trinajstić information content (AvgIpc) is 2.68. The van der Waals surface area contributed by atoms with Crippen LogP contribution in [0, 0.1) is 6.92 Å². The zero-order valence-corrected chi connectivity index (χ0v) is 9.28. The van der Waals surface area contributed by atoms with Crippen molar-refractivity contribution in [2.75, 3.05) is 0 Å². The summed E-state index contributed by atoms with van der Waals surface area (Å²) >= 11 is 0. The van der Waals surface area contributed by atoms with Crippen molar-refractivity contribution in [1.29, 1.82) is 0 Å². The summed E-state index contributed by atoms with van der Waals surface area (Å²) < 4.78 is 2.84. The maximum atomic E-state index is 11.5. The molecule has 0 aliphatic heterocycles. The first-order valence-corrected chi connectivity index (χ1v) is 4.83. The van der Waals surface area contributed by atoms with Crippen molar-refractivity contribution >= 4 is 5.97 Å². The standard InChI is InChI=1S/C10H10N4O3/c1-6-5-14(7-3-4-13(2)11-7)12-8(9(6)15)10(16)17/h3-5H,1-2H3,(H,16,17). The van der Waals surface area contributed by atoms with Gasteiger partial charge in [0.25, 0.3) is 0 Å². The van der Waals surface area contributed by atoms with Gasteiger partial charge in [-0.3, -0.25) is 9.48 Å². The number of rotatable bonds is 2. The van der Waals surface area contributed by atoms with Crippen molar-refractivity contribution in [3.63, 3.8) is 0 Å². The Hall–Kier alpha value is -2.44. The number of nitrogens with zero attached hydrogens (tertiary/aromatic N) is 4. The van der Waals surface area contributed by atoms with Crippen molar-refractivity contribution in [2.24, 2.45) is 7.05 Å². The molecule has 1 N–H and O–H groups in total. The van der Waals surface area contributed by atoms with Gasteiger partial charge < -0.3 is 5.11 Å². The topological polar surface area (TPSA) is 90.0 Å². The summed E-state index contributed by atoms with van der Waals surface area (Å²) in [5.41, 5.74) is -0.775. The van der Waals surface area contributed by atoms with Crippen LogP contribution in [-0.4, -0.2) is 30.6 Å². The monoisotopic (exact) mass is 234 g/mol. The van der Waals surface area contributed by atoms with Gasteiger partial charge in [-0.05, 0) is 6.92 Å². The second-order valence-corrected chi connectivity index (χ2v) is 3.59. The summed E-state index contributed by atoms with van der Waals surface area (Å²) in [6, 6.07) is 1.67. The van der Waals surface area contributed by atoms with Crippen molar-refractivity contribution in [3.8, 4) is 5.82 Å². The van der Waals surface area contributed by atoms with Crippen LogP contribution in [0.3, 0.4) is 0 Å². The first kappa shape index (κ1) is 11.1. The number of carbonyl (C=O) groups is 1. The highest BCUT2D eigenvalue weighted by molar-refractivity contribution is 5.85. The lowest BCUT2D eigenvalue weighted by Gasteiger charge is -2.03. The molecule has 0 radical (unpaired) electrons. The van der Waals surface area contributed by atoms with Crippen LogP contribution in [0.1, 0.15) is 16.1 Å². The maximum absolute atomic E-state index is 11.5. The van der Waals surface area contributed by atoms with E-state index in [4.69, 9.17) is 5.11 Å². The molecular formula is C10H10N4O3. The van der Waals surface area contributed by atoms with Crippen LogP contribution >= 0.6 is 0 Å². The molecular weight excluding hydrogens is 224 g/mol. The largest absolute Gasteiger partial charge is 0.476 e. The number of hydrogen-bond donors (Lipinski definition) is 1. The van der Waals surface area contributed by atoms with Gasteiger partial charge in [0, 0.05) is 31.1 Å². The van der Waals surface area contributed by atoms with Crippen LogP contribution < -0.4 is 5.43 Å². The van der Waals surface area contributed by atoms with E-state index in [1.807, 2.05) is 0 Å². The van der Waals surface area contributed by atoms with Gasteiger partial charge >= 0.3 is 5.97 Å². The number of aromatic nitrogens is 4. The first-order chi connectivity index (χ1) is 7.99. The number of aryl methyl sites for hydroxylation is 2. The third-order valence-electron chi connectivity index (χ3n) is 2.23. The summed E-state index contributed by atoms with van der Waals surface area (Å²) in [5, 5.41) is 16.7. The predicted molar refractivity (Wildman–Crippen MR) is 58.3 cm³/mol. The molecule has 2 rings (SSSR count). The highest BCUT2D eigenvalue weighted by atomic mass is 16.4. The van der Waals surface area contributed by atoms with Crippen LogP contribution in [0.15, 0.2) is 23.3 Å². The zero-order chi connectivity index (χ0) is 12.6. The van der Waals surface area contributed by atoms with Gasteiger partial charge in [-0.2, -0.15) is 10.2 Å². The number of aromatic carboxylic acids is 1. The maximum Gasteiger partial charge on any atom is 0.360 e. The minimum Gasteiger partial charge on any atom is -0.476 e. The van der Waals surface area contributed by atoms with E-state index in [0.29, 0.717) is 11.4 Å². The molecule has 0 unspecified atom stereocenters. The Kier molecular flexibility index (Phi) is 2.51. The Morgan fingerprint density at radius 2 is 2.12 bits per heavy atom. The van der Waals surface area contributed by atoms with E-state index in [2.05, 4.69) is 10.2 Å². The average molecular weight is 234 g/mol. The van der Waals surface area contributed by atoms with Gasteiger partial charge in [-0.15, -0.1) is 0 Å². The van der Waals surface area contributed by atoms with E-state index < -0.39 is 17.1 Å². The third kappa shape index (κ3) is 1.94. The normalized spacial score (nSPS) is 10.5. The van der Waals surface area contributed by atoms with Crippen LogP contribution in [0.25, 0.3) is 5.82 Å². The highest BCUT2D eigenvalue weighted by Gasteiger charge is 2.14. The number of hydrogen-bond acceptors (Lipinski definition) is 4. The van der Waals surface area contributed by atoms with E-state index in [1.165, 1.54) is 17.8 Å². The Morgan fingerprint density at radius 1 is 1.41 bits per heavy atom. The fourth-order valence-corrected chi connectivity index (χ4v) is 1.39. The zero-order valence-electron chi connectivity index (χ0n) is 9.28. The lowest BCUT2D eigenvalue weighted by molar-refractivity contribution is 0.0686. The molecule has 0 amide bonds. The van der Waals surface area contributed by atoms with Gasteiger partial charge in [-0.1, -0.05) is 0 Å². The van der Waals surface area contributed by atoms with Crippen molar-refractivity contribution in [1.82, 2.24) is 19.6 Å². The molecule has 0 aliphatic rings. The Labute approximate surface area is 95.9 Å². The molecule has 7 nitrogen and oxygen atoms in total. The molecule has 2 heterocycles. The molecule has 0 saturated heterocycles. The molecule has 0 aliphatic carbocycles. The summed E-state index contributed by atoms with van der Waals surface area (Å²) in [7, 11) is 1.73. The van der Waals surface area contributed by atoms with Crippen LogP contribution in [0.5, 0.6) is 0 Å². The molecule has 0 atom stereocenters. The molecule has 0 aromatic carbocycles. The second-order valence-electron chi connectivity index (χ2n) is 3.59. The van der Waals surface area contributed by atoms with Crippen LogP contribution in [0.2, 0.25) is 0 Å². The van der Waals surface area contributed by atoms with Gasteiger partial charge in [0.15, 0.2) is 5.82 Å². The fourth-order valence-electron chi connectivity index (χ4n) is 1.39. The summed E-state index contributed by atoms with van der Waals surface area (Å²) in [4.78, 5) is 22.4. The van der Waals surface area contributed by atoms with E-state index >= 15 is 0 Å². The SMILES string of the molecule is Cc1cn(-c2ccn(C)n2)nc(C(=O)O)c1=O. The van der Waals surface area contributed by atoms with E-state index in [1.54, 1.807) is 24.0 Å². The first-order valence-electron chi connectivity index (χ1n) is 4.83. The Bertz CT molecular complexity index is 641. The van der Waals surface area contributed by atoms with Gasteiger partial charge in [-0.25, -0.2) is 9.48 Å².